The van der Waals surface area contributed by atoms with Crippen molar-refractivity contribution in [2.45, 2.75) is 6.92 Å². The number of nitrogens with zero attached hydrogens (tertiary/aromatic N) is 5. The van der Waals surface area contributed by atoms with Crippen LogP contribution >= 0.6 is 15.9 Å². The van der Waals surface area contributed by atoms with Crippen LogP contribution in [0.25, 0.3) is 5.82 Å². The molecule has 0 saturated heterocycles. The summed E-state index contributed by atoms with van der Waals surface area (Å²) in [6, 6.07) is 1.75. The summed E-state index contributed by atoms with van der Waals surface area (Å²) >= 11 is 3.31. The number of pyridine rings is 1. The van der Waals surface area contributed by atoms with Crippen molar-refractivity contribution in [2.75, 3.05) is 0 Å². The molecule has 2 aromatic heterocycles. The van der Waals surface area contributed by atoms with Gasteiger partial charge in [-0.05, 0) is 39.4 Å². The van der Waals surface area contributed by atoms with Crippen LogP contribution in [0.4, 0.5) is 5.95 Å². The number of aryl methyl sites for hydroxylation is 1. The standard InChI is InChI=1S/C8H6BrN5O2/c1-5-2-7(10-3-6(5)9)13-4-11-8(12-13)14(15)16/h2-4H,1H3. The van der Waals surface area contributed by atoms with E-state index in [4.69, 9.17) is 0 Å². The quantitative estimate of drug-likeness (QED) is 0.618. The Labute approximate surface area is 98.4 Å². The number of nitro groups is 1. The molecule has 8 heteroatoms. The smallest absolute Gasteiger partial charge is 0.390 e. The topological polar surface area (TPSA) is 86.7 Å². The van der Waals surface area contributed by atoms with Crippen LogP contribution in [0.5, 0.6) is 0 Å². The molecule has 0 saturated carbocycles. The minimum atomic E-state index is -0.651. The maximum atomic E-state index is 10.4. The monoisotopic (exact) mass is 283 g/mol. The van der Waals surface area contributed by atoms with Gasteiger partial charge in [0.15, 0.2) is 5.82 Å². The van der Waals surface area contributed by atoms with Crippen LogP contribution in [0.1, 0.15) is 5.56 Å². The Balaban J connectivity index is 2.42. The zero-order valence-corrected chi connectivity index (χ0v) is 9.75. The highest BCUT2D eigenvalue weighted by Crippen LogP contribution is 2.16. The second-order valence-electron chi connectivity index (χ2n) is 3.04. The summed E-state index contributed by atoms with van der Waals surface area (Å²) in [5.41, 5.74) is 0.961. The van der Waals surface area contributed by atoms with Crippen molar-refractivity contribution in [3.63, 3.8) is 0 Å². The maximum Gasteiger partial charge on any atom is 0.491 e. The molecule has 0 aromatic carbocycles. The predicted octanol–water partition coefficient (Wildman–Crippen LogP) is 1.64. The molecule has 0 radical (unpaired) electrons. The van der Waals surface area contributed by atoms with Gasteiger partial charge < -0.3 is 10.1 Å². The molecule has 0 aliphatic heterocycles. The molecule has 0 fully saturated rings. The van der Waals surface area contributed by atoms with Crippen molar-refractivity contribution in [2.24, 2.45) is 0 Å². The van der Waals surface area contributed by atoms with Gasteiger partial charge in [0, 0.05) is 15.8 Å². The van der Waals surface area contributed by atoms with Crippen molar-refractivity contribution in [3.05, 3.63) is 38.7 Å². The Hall–Kier alpha value is -1.83. The molecule has 0 spiro atoms. The summed E-state index contributed by atoms with van der Waals surface area (Å²) in [7, 11) is 0. The first-order valence-electron chi connectivity index (χ1n) is 4.26. The Morgan fingerprint density at radius 3 is 2.81 bits per heavy atom. The summed E-state index contributed by atoms with van der Waals surface area (Å²) in [4.78, 5) is 17.4. The molecule has 0 N–H and O–H groups in total. The van der Waals surface area contributed by atoms with Gasteiger partial charge in [-0.2, -0.15) is 0 Å². The van der Waals surface area contributed by atoms with E-state index in [1.165, 1.54) is 11.0 Å². The lowest BCUT2D eigenvalue weighted by atomic mass is 10.3. The van der Waals surface area contributed by atoms with Crippen molar-refractivity contribution in [3.8, 4) is 5.82 Å². The predicted molar refractivity (Wildman–Crippen MR) is 58.2 cm³/mol. The summed E-state index contributed by atoms with van der Waals surface area (Å²) < 4.78 is 2.13. The molecule has 0 unspecified atom stereocenters. The Morgan fingerprint density at radius 1 is 1.50 bits per heavy atom. The van der Waals surface area contributed by atoms with E-state index in [0.717, 1.165) is 10.0 Å². The van der Waals surface area contributed by atoms with Gasteiger partial charge in [-0.1, -0.05) is 4.98 Å². The Bertz CT molecular complexity index is 553. The molecule has 0 amide bonds. The fourth-order valence-corrected chi connectivity index (χ4v) is 1.31. The normalized spacial score (nSPS) is 10.4. The fourth-order valence-electron chi connectivity index (χ4n) is 1.10. The van der Waals surface area contributed by atoms with Gasteiger partial charge in [0.25, 0.3) is 0 Å². The molecule has 2 rings (SSSR count). The van der Waals surface area contributed by atoms with E-state index in [0.29, 0.717) is 5.82 Å². The molecule has 82 valence electrons. The molecule has 0 bridgehead atoms. The minimum Gasteiger partial charge on any atom is -0.390 e. The van der Waals surface area contributed by atoms with E-state index in [2.05, 4.69) is 31.0 Å². The van der Waals surface area contributed by atoms with E-state index in [1.54, 1.807) is 12.3 Å². The van der Waals surface area contributed by atoms with E-state index in [9.17, 15) is 10.1 Å². The first kappa shape index (κ1) is 10.7. The summed E-state index contributed by atoms with van der Waals surface area (Å²) in [5.74, 6) is 0.0451. The maximum absolute atomic E-state index is 10.4. The average molecular weight is 284 g/mol. The first-order valence-corrected chi connectivity index (χ1v) is 5.06. The molecule has 2 aromatic rings. The van der Waals surface area contributed by atoms with E-state index in [1.807, 2.05) is 6.92 Å². The van der Waals surface area contributed by atoms with Crippen LogP contribution in [-0.4, -0.2) is 24.7 Å². The van der Waals surface area contributed by atoms with Crippen molar-refractivity contribution in [1.29, 1.82) is 0 Å². The summed E-state index contributed by atoms with van der Waals surface area (Å²) in [6.07, 6.45) is 2.87. The van der Waals surface area contributed by atoms with E-state index < -0.39 is 10.9 Å². The van der Waals surface area contributed by atoms with Crippen LogP contribution in [0, 0.1) is 17.0 Å². The zero-order chi connectivity index (χ0) is 11.7. The minimum absolute atomic E-state index is 0.442. The SMILES string of the molecule is Cc1cc(-n2cnc([N+](=O)[O-])n2)ncc1Br. The lowest BCUT2D eigenvalue weighted by Gasteiger charge is -1.99. The second-order valence-corrected chi connectivity index (χ2v) is 3.89. The van der Waals surface area contributed by atoms with Crippen molar-refractivity contribution in [1.82, 2.24) is 19.7 Å². The van der Waals surface area contributed by atoms with Crippen LogP contribution < -0.4 is 0 Å². The third-order valence-corrected chi connectivity index (χ3v) is 2.74. The molecule has 7 nitrogen and oxygen atoms in total. The third kappa shape index (κ3) is 1.91. The zero-order valence-electron chi connectivity index (χ0n) is 8.16. The van der Waals surface area contributed by atoms with Gasteiger partial charge in [0.05, 0.1) is 0 Å². The van der Waals surface area contributed by atoms with Crippen LogP contribution in [-0.2, 0) is 0 Å². The molecule has 0 aliphatic rings. The van der Waals surface area contributed by atoms with Crippen LogP contribution in [0.2, 0.25) is 0 Å². The molecule has 16 heavy (non-hydrogen) atoms. The number of halogens is 1. The van der Waals surface area contributed by atoms with Gasteiger partial charge in [-0.15, -0.1) is 4.68 Å². The lowest BCUT2D eigenvalue weighted by molar-refractivity contribution is -0.394. The molecular formula is C8H6BrN5O2. The third-order valence-electron chi connectivity index (χ3n) is 1.91. The number of rotatable bonds is 2. The van der Waals surface area contributed by atoms with Gasteiger partial charge in [-0.3, -0.25) is 0 Å². The average Bonchev–Trinajstić information content (AvgIpc) is 2.71. The van der Waals surface area contributed by atoms with E-state index >= 15 is 0 Å². The highest BCUT2D eigenvalue weighted by Gasteiger charge is 2.15. The largest absolute Gasteiger partial charge is 0.491 e. The van der Waals surface area contributed by atoms with Gasteiger partial charge >= 0.3 is 5.95 Å². The molecular weight excluding hydrogens is 278 g/mol. The molecule has 2 heterocycles. The number of hydrogen-bond acceptors (Lipinski definition) is 5. The van der Waals surface area contributed by atoms with Crippen molar-refractivity contribution < 1.29 is 4.92 Å². The summed E-state index contributed by atoms with van der Waals surface area (Å²) in [5, 5.41) is 14.1. The molecule has 0 atom stereocenters. The Morgan fingerprint density at radius 2 is 2.25 bits per heavy atom. The van der Waals surface area contributed by atoms with Gasteiger partial charge in [0.2, 0.25) is 6.33 Å². The van der Waals surface area contributed by atoms with Crippen LogP contribution in [0.15, 0.2) is 23.1 Å². The fraction of sp³-hybridized carbons (Fsp3) is 0.125. The highest BCUT2D eigenvalue weighted by molar-refractivity contribution is 9.10. The number of aromatic nitrogens is 4. The highest BCUT2D eigenvalue weighted by atomic mass is 79.9. The molecule has 0 aliphatic carbocycles. The van der Waals surface area contributed by atoms with Crippen molar-refractivity contribution >= 4 is 21.9 Å². The first-order chi connectivity index (χ1) is 7.58. The number of hydrogen-bond donors (Lipinski definition) is 0. The summed E-state index contributed by atoms with van der Waals surface area (Å²) in [6.45, 7) is 1.89. The lowest BCUT2D eigenvalue weighted by Crippen LogP contribution is -1.99. The van der Waals surface area contributed by atoms with Crippen LogP contribution in [0.3, 0.4) is 0 Å². The van der Waals surface area contributed by atoms with E-state index in [-0.39, 0.29) is 0 Å². The Kier molecular flexibility index (Phi) is 2.65. The second kappa shape index (κ2) is 3.97. The van der Waals surface area contributed by atoms with Gasteiger partial charge in [-0.25, -0.2) is 4.98 Å². The van der Waals surface area contributed by atoms with Gasteiger partial charge in [0.1, 0.15) is 0 Å².